The molecule has 26 heavy (non-hydrogen) atoms. The van der Waals surface area contributed by atoms with E-state index in [4.69, 9.17) is 4.74 Å². The van der Waals surface area contributed by atoms with Crippen molar-refractivity contribution in [3.63, 3.8) is 0 Å². The summed E-state index contributed by atoms with van der Waals surface area (Å²) in [4.78, 5) is 22.2. The molecule has 1 amide bonds. The molecule has 130 valence electrons. The minimum atomic E-state index is 0.0762. The minimum Gasteiger partial charge on any atom is -0.431 e. The molecule has 1 aliphatic heterocycles. The third-order valence-corrected chi connectivity index (χ3v) is 5.61. The third-order valence-electron chi connectivity index (χ3n) is 4.70. The van der Waals surface area contributed by atoms with Crippen molar-refractivity contribution in [1.82, 2.24) is 14.9 Å². The average Bonchev–Trinajstić information content (AvgIpc) is 3.39. The highest BCUT2D eigenvalue weighted by atomic mass is 32.1. The number of hydrogen-bond donors (Lipinski definition) is 1. The summed E-state index contributed by atoms with van der Waals surface area (Å²) in [7, 11) is 0. The number of para-hydroxylation sites is 1. The zero-order valence-electron chi connectivity index (χ0n) is 14.1. The van der Waals surface area contributed by atoms with Crippen molar-refractivity contribution >= 4 is 38.4 Å². The van der Waals surface area contributed by atoms with Crippen LogP contribution in [0.15, 0.2) is 48.5 Å². The van der Waals surface area contributed by atoms with Gasteiger partial charge in [-0.1, -0.05) is 23.5 Å². The number of fused-ring (bicyclic) bond motifs is 2. The maximum absolute atomic E-state index is 12.5. The summed E-state index contributed by atoms with van der Waals surface area (Å²) in [6.45, 7) is 1.69. The largest absolute Gasteiger partial charge is 0.431 e. The number of hydrogen-bond acceptors (Lipinski definition) is 4. The molecule has 0 spiro atoms. The fourth-order valence-corrected chi connectivity index (χ4v) is 4.21. The quantitative estimate of drug-likeness (QED) is 0.568. The maximum Gasteiger partial charge on any atom is 0.279 e. The van der Waals surface area contributed by atoms with Gasteiger partial charge in [0.1, 0.15) is 11.4 Å². The van der Waals surface area contributed by atoms with Gasteiger partial charge in [0.15, 0.2) is 0 Å². The van der Waals surface area contributed by atoms with Gasteiger partial charge in [-0.25, -0.2) is 4.98 Å². The zero-order valence-corrected chi connectivity index (χ0v) is 14.9. The lowest BCUT2D eigenvalue weighted by atomic mass is 10.2. The monoisotopic (exact) mass is 363 g/mol. The first-order chi connectivity index (χ1) is 12.8. The van der Waals surface area contributed by atoms with E-state index < -0.39 is 0 Å². The molecular formula is C20H17N3O2S. The van der Waals surface area contributed by atoms with Crippen LogP contribution >= 0.6 is 11.3 Å². The van der Waals surface area contributed by atoms with Gasteiger partial charge in [-0.15, -0.1) is 0 Å². The minimum absolute atomic E-state index is 0.0762. The molecule has 0 radical (unpaired) electrons. The number of carbonyl (C=O) groups is 1. The van der Waals surface area contributed by atoms with Gasteiger partial charge >= 0.3 is 0 Å². The highest BCUT2D eigenvalue weighted by Gasteiger charge is 2.21. The molecule has 1 saturated heterocycles. The van der Waals surface area contributed by atoms with E-state index >= 15 is 0 Å². The normalized spacial score (nSPS) is 14.4. The molecule has 2 aromatic heterocycles. The fraction of sp³-hybridized carbons (Fsp3) is 0.200. The van der Waals surface area contributed by atoms with Gasteiger partial charge in [0.2, 0.25) is 0 Å². The zero-order chi connectivity index (χ0) is 17.5. The van der Waals surface area contributed by atoms with Crippen LogP contribution < -0.4 is 4.74 Å². The number of nitrogens with zero attached hydrogens (tertiary/aromatic N) is 2. The van der Waals surface area contributed by atoms with Crippen molar-refractivity contribution < 1.29 is 9.53 Å². The van der Waals surface area contributed by atoms with Gasteiger partial charge in [-0.3, -0.25) is 4.79 Å². The predicted octanol–water partition coefficient (Wildman–Crippen LogP) is 4.81. The topological polar surface area (TPSA) is 58.2 Å². The Bertz CT molecular complexity index is 1080. The highest BCUT2D eigenvalue weighted by molar-refractivity contribution is 7.20. The van der Waals surface area contributed by atoms with Crippen LogP contribution in [0.2, 0.25) is 0 Å². The molecule has 5 nitrogen and oxygen atoms in total. The van der Waals surface area contributed by atoms with Crippen LogP contribution in [0.4, 0.5) is 0 Å². The second kappa shape index (κ2) is 6.14. The van der Waals surface area contributed by atoms with Crippen LogP contribution in [0, 0.1) is 0 Å². The average molecular weight is 363 g/mol. The summed E-state index contributed by atoms with van der Waals surface area (Å²) >= 11 is 1.52. The molecule has 1 fully saturated rings. The van der Waals surface area contributed by atoms with Gasteiger partial charge in [0.05, 0.1) is 10.2 Å². The van der Waals surface area contributed by atoms with Crippen molar-refractivity contribution in [2.45, 2.75) is 12.8 Å². The van der Waals surface area contributed by atoms with E-state index in [1.807, 2.05) is 53.4 Å². The number of amides is 1. The first kappa shape index (κ1) is 15.4. The smallest absolute Gasteiger partial charge is 0.279 e. The van der Waals surface area contributed by atoms with E-state index in [0.717, 1.165) is 52.8 Å². The van der Waals surface area contributed by atoms with E-state index in [1.165, 1.54) is 11.3 Å². The number of aromatic nitrogens is 2. The molecule has 6 heteroatoms. The van der Waals surface area contributed by atoms with E-state index in [9.17, 15) is 4.79 Å². The third kappa shape index (κ3) is 2.72. The number of rotatable bonds is 3. The van der Waals surface area contributed by atoms with Crippen molar-refractivity contribution in [3.05, 3.63) is 54.2 Å². The van der Waals surface area contributed by atoms with Crippen LogP contribution in [0.5, 0.6) is 10.9 Å². The number of H-pyrrole nitrogens is 1. The lowest BCUT2D eigenvalue weighted by molar-refractivity contribution is 0.0788. The highest BCUT2D eigenvalue weighted by Crippen LogP contribution is 2.32. The summed E-state index contributed by atoms with van der Waals surface area (Å²) in [6.07, 6.45) is 2.18. The predicted molar refractivity (Wildman–Crippen MR) is 103 cm³/mol. The van der Waals surface area contributed by atoms with Crippen molar-refractivity contribution in [3.8, 4) is 10.9 Å². The van der Waals surface area contributed by atoms with Gasteiger partial charge < -0.3 is 14.6 Å². The molecule has 0 bridgehead atoms. The Hall–Kier alpha value is -2.86. The second-order valence-corrected chi connectivity index (χ2v) is 7.47. The number of benzene rings is 2. The Labute approximate surface area is 154 Å². The number of nitrogens with one attached hydrogen (secondary N) is 1. The Morgan fingerprint density at radius 3 is 2.81 bits per heavy atom. The Balaban J connectivity index is 1.43. The molecule has 1 aliphatic rings. The van der Waals surface area contributed by atoms with Crippen LogP contribution in [0.25, 0.3) is 21.1 Å². The molecular weight excluding hydrogens is 346 g/mol. The first-order valence-corrected chi connectivity index (χ1v) is 9.53. The number of carbonyl (C=O) groups excluding carboxylic acids is 1. The van der Waals surface area contributed by atoms with Crippen molar-refractivity contribution in [2.75, 3.05) is 13.1 Å². The molecule has 2 aromatic carbocycles. The van der Waals surface area contributed by atoms with E-state index in [2.05, 4.69) is 9.97 Å². The number of aromatic amines is 1. The molecule has 1 N–H and O–H groups in total. The van der Waals surface area contributed by atoms with Crippen LogP contribution in [0.3, 0.4) is 0 Å². The van der Waals surface area contributed by atoms with Gasteiger partial charge in [-0.2, -0.15) is 0 Å². The summed E-state index contributed by atoms with van der Waals surface area (Å²) in [5.74, 6) is 0.795. The van der Waals surface area contributed by atoms with Gasteiger partial charge in [0.25, 0.3) is 11.1 Å². The van der Waals surface area contributed by atoms with E-state index in [-0.39, 0.29) is 5.91 Å². The second-order valence-electron chi connectivity index (χ2n) is 6.48. The molecule has 0 unspecified atom stereocenters. The fourth-order valence-electron chi connectivity index (χ4n) is 3.38. The van der Waals surface area contributed by atoms with Gasteiger partial charge in [0, 0.05) is 24.0 Å². The molecule has 4 aromatic rings. The Morgan fingerprint density at radius 1 is 1.12 bits per heavy atom. The maximum atomic E-state index is 12.5. The number of likely N-dealkylation sites (tertiary alicyclic amines) is 1. The molecule has 0 saturated carbocycles. The molecule has 3 heterocycles. The molecule has 0 atom stereocenters. The Kier molecular flexibility index (Phi) is 3.64. The van der Waals surface area contributed by atoms with Crippen LogP contribution in [0.1, 0.15) is 23.3 Å². The van der Waals surface area contributed by atoms with Crippen molar-refractivity contribution in [2.24, 2.45) is 0 Å². The summed E-state index contributed by atoms with van der Waals surface area (Å²) in [5.41, 5.74) is 2.51. The SMILES string of the molecule is O=C(c1cc2cc(Oc3nc4ccccc4s3)ccc2[nH]1)N1CCCC1. The van der Waals surface area contributed by atoms with E-state index in [1.54, 1.807) is 0 Å². The molecule has 5 rings (SSSR count). The Morgan fingerprint density at radius 2 is 1.96 bits per heavy atom. The summed E-state index contributed by atoms with van der Waals surface area (Å²) in [5, 5.41) is 1.58. The number of thiazole rings is 1. The van der Waals surface area contributed by atoms with Crippen molar-refractivity contribution in [1.29, 1.82) is 0 Å². The van der Waals surface area contributed by atoms with E-state index in [0.29, 0.717) is 10.9 Å². The summed E-state index contributed by atoms with van der Waals surface area (Å²) in [6, 6.07) is 15.7. The standard InChI is InChI=1S/C20H17N3O2S/c24-19(23-9-3-4-10-23)17-12-13-11-14(7-8-15(13)21-17)25-20-22-16-5-1-2-6-18(16)26-20/h1-2,5-8,11-12,21H,3-4,9-10H2. The van der Waals surface area contributed by atoms with Gasteiger partial charge in [-0.05, 0) is 49.2 Å². The lowest BCUT2D eigenvalue weighted by Gasteiger charge is -2.13. The number of ether oxygens (including phenoxy) is 1. The molecule has 0 aliphatic carbocycles. The summed E-state index contributed by atoms with van der Waals surface area (Å²) < 4.78 is 7.04. The lowest BCUT2D eigenvalue weighted by Crippen LogP contribution is -2.27. The van der Waals surface area contributed by atoms with Crippen LogP contribution in [-0.4, -0.2) is 33.9 Å². The van der Waals surface area contributed by atoms with Crippen LogP contribution in [-0.2, 0) is 0 Å². The first-order valence-electron chi connectivity index (χ1n) is 8.72.